The average molecular weight is 1010 g/mol. The number of anilines is 2. The zero-order valence-electron chi connectivity index (χ0n) is 44.3. The van der Waals surface area contributed by atoms with Gasteiger partial charge in [0.1, 0.15) is 22.8 Å². The number of rotatable bonds is 21. The van der Waals surface area contributed by atoms with E-state index < -0.39 is 5.83 Å². The Hall–Kier alpha value is -4.97. The van der Waals surface area contributed by atoms with Gasteiger partial charge in [-0.3, -0.25) is 9.71 Å². The number of aromatic nitrogens is 2. The van der Waals surface area contributed by atoms with Gasteiger partial charge in [0.25, 0.3) is 0 Å². The van der Waals surface area contributed by atoms with Crippen LogP contribution in [0.3, 0.4) is 0 Å². The molecule has 2 N–H and O–H groups in total. The molecule has 3 heterocycles. The highest BCUT2D eigenvalue weighted by Crippen LogP contribution is 2.41. The summed E-state index contributed by atoms with van der Waals surface area (Å²) < 4.78 is 20.8. The molecule has 382 valence electrons. The molecule has 1 aromatic heterocycles. The molecule has 8 nitrogen and oxygen atoms in total. The summed E-state index contributed by atoms with van der Waals surface area (Å²) in [6.45, 7) is 18.4. The molecule has 0 amide bonds. The highest BCUT2D eigenvalue weighted by Gasteiger charge is 2.36. The third-order valence-electron chi connectivity index (χ3n) is 15.9. The predicted molar refractivity (Wildman–Crippen MR) is 310 cm³/mol. The minimum Gasteiger partial charge on any atom is -0.365 e. The van der Waals surface area contributed by atoms with Crippen LogP contribution in [-0.2, 0) is 19.3 Å². The molecule has 1 saturated heterocycles. The van der Waals surface area contributed by atoms with Crippen LogP contribution in [0.25, 0.3) is 23.0 Å². The van der Waals surface area contributed by atoms with E-state index in [0.717, 1.165) is 125 Å². The molecule has 0 spiro atoms. The normalized spacial score (nSPS) is 21.1. The van der Waals surface area contributed by atoms with Crippen LogP contribution in [0.15, 0.2) is 100 Å². The van der Waals surface area contributed by atoms with Crippen molar-refractivity contribution in [2.45, 2.75) is 149 Å². The molecule has 2 aliphatic heterocycles. The first-order valence-corrected chi connectivity index (χ1v) is 28.6. The maximum absolute atomic E-state index is 16.5. The first-order valence-electron chi connectivity index (χ1n) is 26.9. The minimum atomic E-state index is -0.603. The van der Waals surface area contributed by atoms with Crippen LogP contribution in [0, 0.1) is 10.8 Å². The zero-order valence-corrected chi connectivity index (χ0v) is 45.9. The largest absolute Gasteiger partial charge is 0.365 e. The summed E-state index contributed by atoms with van der Waals surface area (Å²) in [5.74, 6) is 1.75. The van der Waals surface area contributed by atoms with Gasteiger partial charge in [0.2, 0.25) is 0 Å². The van der Waals surface area contributed by atoms with Crippen LogP contribution in [0.1, 0.15) is 158 Å². The Kier molecular flexibility index (Phi) is 18.1. The molecular formula is C61H79FN8S2. The second-order valence-corrected chi connectivity index (χ2v) is 22.9. The van der Waals surface area contributed by atoms with E-state index in [2.05, 4.69) is 121 Å². The highest BCUT2D eigenvalue weighted by atomic mass is 32.2. The van der Waals surface area contributed by atoms with Crippen LogP contribution < -0.4 is 25.1 Å². The standard InChI is InChI=1S/C61H79FN8S2/c1-9-13-14-15-39-71-68(7)53(65-50-42-70(38-31-44(50)10-2)51-29-19-26-45-23-16-22-43(5)54(45)51)30-34-61(33-20-37-64-61)36-35-60(6,12-4)32-21-40-72-69(8)59-49-41-47-27-17-24-46-25-18-28-48(55(46)47)57(63)56(62)58(49)66-52(11-3)67-59/h10,15,18-19,21-22,25-29,39-41,63-64H,2,9,11-14,16-17,20,23-24,30-38,42H2,1,3-8H3/b39-15+,40-21+,49-41+,58-56-,63-57?,65-53?. The zero-order chi connectivity index (χ0) is 50.8. The van der Waals surface area contributed by atoms with E-state index in [-0.39, 0.29) is 22.0 Å². The van der Waals surface area contributed by atoms with E-state index in [1.165, 1.54) is 53.6 Å². The summed E-state index contributed by atoms with van der Waals surface area (Å²) >= 11 is 3.33. The lowest BCUT2D eigenvalue weighted by molar-refractivity contribution is 0.220. The Bertz CT molecular complexity index is 2810. The third-order valence-corrected chi connectivity index (χ3v) is 17.6. The minimum absolute atomic E-state index is 0.0500. The molecule has 72 heavy (non-hydrogen) atoms. The smallest absolute Gasteiger partial charge is 0.175 e. The Morgan fingerprint density at radius 1 is 1.00 bits per heavy atom. The quantitative estimate of drug-likeness (QED) is 0.0473. The molecule has 0 saturated carbocycles. The molecule has 3 aliphatic carbocycles. The van der Waals surface area contributed by atoms with Crippen molar-refractivity contribution in [3.05, 3.63) is 140 Å². The molecule has 5 aliphatic rings. The number of nitrogens with one attached hydrogen (secondary N) is 2. The van der Waals surface area contributed by atoms with Crippen molar-refractivity contribution in [2.24, 2.45) is 10.4 Å². The van der Waals surface area contributed by atoms with E-state index in [1.807, 2.05) is 36.5 Å². The summed E-state index contributed by atoms with van der Waals surface area (Å²) in [5, 5.41) is 18.3. The van der Waals surface area contributed by atoms with Gasteiger partial charge in [0.15, 0.2) is 5.83 Å². The van der Waals surface area contributed by atoms with Gasteiger partial charge in [0.05, 0.1) is 18.0 Å². The van der Waals surface area contributed by atoms with Crippen molar-refractivity contribution in [1.29, 1.82) is 5.41 Å². The number of allylic oxidation sites excluding steroid dienone is 7. The summed E-state index contributed by atoms with van der Waals surface area (Å²) in [4.78, 5) is 17.9. The molecule has 11 heteroatoms. The summed E-state index contributed by atoms with van der Waals surface area (Å²) in [6.07, 6.45) is 30.8. The Balaban J connectivity index is 0.977. The van der Waals surface area contributed by atoms with Gasteiger partial charge in [-0.2, -0.15) is 0 Å². The van der Waals surface area contributed by atoms with Gasteiger partial charge in [0, 0.05) is 61.1 Å². The van der Waals surface area contributed by atoms with Gasteiger partial charge in [-0.05, 0) is 176 Å². The lowest BCUT2D eigenvalue weighted by Gasteiger charge is -2.36. The Morgan fingerprint density at radius 3 is 2.53 bits per heavy atom. The summed E-state index contributed by atoms with van der Waals surface area (Å²) in [6, 6.07) is 12.8. The van der Waals surface area contributed by atoms with Crippen molar-refractivity contribution in [3.63, 3.8) is 0 Å². The maximum atomic E-state index is 16.5. The fraction of sp³-hybridized carbons (Fsp3) is 0.475. The molecular weight excluding hydrogens is 928 g/mol. The number of benzene rings is 2. The van der Waals surface area contributed by atoms with Crippen molar-refractivity contribution >= 4 is 70.0 Å². The monoisotopic (exact) mass is 1010 g/mol. The predicted octanol–water partition coefficient (Wildman–Crippen LogP) is 13.8. The SMILES string of the molecule is C=CC1=C(N=C(CCC2(CCC(C)(CC)C/C=C/SN(C)c3nc(CC)nc4/c3=C\C3=CCCc5cccc(c53)C(=N)\C=4F)CCCN2)N(C)S/C=C/CCCC)CN(c2cccc3c2C(C)=CCC3)CC1. The van der Waals surface area contributed by atoms with Crippen LogP contribution >= 0.6 is 23.9 Å². The molecule has 2 atom stereocenters. The van der Waals surface area contributed by atoms with Crippen molar-refractivity contribution in [1.82, 2.24) is 19.6 Å². The Labute approximate surface area is 439 Å². The highest BCUT2D eigenvalue weighted by molar-refractivity contribution is 8.03. The Morgan fingerprint density at radius 2 is 1.78 bits per heavy atom. The van der Waals surface area contributed by atoms with Crippen LogP contribution in [-0.4, -0.2) is 65.1 Å². The van der Waals surface area contributed by atoms with Crippen molar-refractivity contribution in [2.75, 3.05) is 42.9 Å². The van der Waals surface area contributed by atoms with E-state index in [4.69, 9.17) is 20.4 Å². The maximum Gasteiger partial charge on any atom is 0.175 e. The van der Waals surface area contributed by atoms with E-state index in [0.29, 0.717) is 28.8 Å². The number of fused-ring (bicyclic) bond motifs is 2. The fourth-order valence-electron chi connectivity index (χ4n) is 11.2. The first-order chi connectivity index (χ1) is 34.9. The number of aliphatic imine (C=N–C) groups is 1. The van der Waals surface area contributed by atoms with Crippen molar-refractivity contribution < 1.29 is 4.39 Å². The average Bonchev–Trinajstić information content (AvgIpc) is 3.88. The lowest BCUT2D eigenvalue weighted by atomic mass is 9.74. The third kappa shape index (κ3) is 12.2. The van der Waals surface area contributed by atoms with Gasteiger partial charge >= 0.3 is 0 Å². The van der Waals surface area contributed by atoms with Crippen LogP contribution in [0.4, 0.5) is 15.9 Å². The van der Waals surface area contributed by atoms with E-state index in [9.17, 15) is 0 Å². The van der Waals surface area contributed by atoms with Gasteiger partial charge < -0.3 is 14.5 Å². The van der Waals surface area contributed by atoms with Gasteiger partial charge in [-0.15, -0.1) is 0 Å². The lowest BCUT2D eigenvalue weighted by Crippen LogP contribution is -2.42. The molecule has 2 unspecified atom stereocenters. The molecule has 0 bridgehead atoms. The van der Waals surface area contributed by atoms with Gasteiger partial charge in [-0.25, -0.2) is 19.4 Å². The molecule has 8 rings (SSSR count). The van der Waals surface area contributed by atoms with Crippen LogP contribution in [0.5, 0.6) is 0 Å². The molecule has 2 aromatic carbocycles. The summed E-state index contributed by atoms with van der Waals surface area (Å²) in [5.41, 5.74) is 11.8. The number of aryl methyl sites for hydroxylation is 3. The topological polar surface area (TPSA) is 83.7 Å². The number of unbranched alkanes of at least 4 members (excludes halogenated alkanes) is 2. The molecule has 3 aromatic rings. The molecule has 0 radical (unpaired) electrons. The van der Waals surface area contributed by atoms with Crippen LogP contribution in [0.2, 0.25) is 0 Å². The number of amidine groups is 1. The second-order valence-electron chi connectivity index (χ2n) is 20.8. The summed E-state index contributed by atoms with van der Waals surface area (Å²) in [7, 11) is 4.20. The van der Waals surface area contributed by atoms with Crippen molar-refractivity contribution in [3.8, 4) is 0 Å². The molecule has 1 fully saturated rings. The fourth-order valence-corrected chi connectivity index (χ4v) is 12.5. The number of hydrogen-bond acceptors (Lipinski definition) is 9. The first kappa shape index (κ1) is 53.3. The van der Waals surface area contributed by atoms with E-state index >= 15 is 4.39 Å². The number of halogens is 1. The van der Waals surface area contributed by atoms with E-state index in [1.54, 1.807) is 23.9 Å². The number of hydrogen-bond donors (Lipinski definition) is 2. The van der Waals surface area contributed by atoms with Gasteiger partial charge in [-0.1, -0.05) is 114 Å². The number of nitrogens with zero attached hydrogens (tertiary/aromatic N) is 6. The second kappa shape index (κ2) is 24.4.